The first kappa shape index (κ1) is 16.5. The van der Waals surface area contributed by atoms with Crippen molar-refractivity contribution in [2.45, 2.75) is 11.3 Å². The van der Waals surface area contributed by atoms with Gasteiger partial charge in [0, 0.05) is 13.0 Å². The fourth-order valence-corrected chi connectivity index (χ4v) is 3.65. The minimum Gasteiger partial charge on any atom is -0.300 e. The third-order valence-corrected chi connectivity index (χ3v) is 5.35. The van der Waals surface area contributed by atoms with Crippen molar-refractivity contribution in [2.24, 2.45) is 0 Å². The average Bonchev–Trinajstić information content (AvgIpc) is 3.07. The van der Waals surface area contributed by atoms with Crippen LogP contribution in [0.5, 0.6) is 0 Å². The summed E-state index contributed by atoms with van der Waals surface area (Å²) in [6.07, 6.45) is 0.00634. The first-order valence-electron chi connectivity index (χ1n) is 7.09. The van der Waals surface area contributed by atoms with Crippen LogP contribution in [0.4, 0.5) is 5.13 Å². The Labute approximate surface area is 142 Å². The summed E-state index contributed by atoms with van der Waals surface area (Å²) in [5.41, 5.74) is 1.50. The van der Waals surface area contributed by atoms with Crippen molar-refractivity contribution in [1.82, 2.24) is 14.9 Å². The molecular weight excluding hydrogens is 348 g/mol. The molecule has 0 fully saturated rings. The maximum absolute atomic E-state index is 12.3. The molecule has 2 N–H and O–H groups in total. The molecule has 124 valence electrons. The van der Waals surface area contributed by atoms with Crippen molar-refractivity contribution < 1.29 is 13.2 Å². The van der Waals surface area contributed by atoms with Crippen LogP contribution in [0, 0.1) is 0 Å². The highest BCUT2D eigenvalue weighted by atomic mass is 32.2. The van der Waals surface area contributed by atoms with Crippen molar-refractivity contribution in [3.8, 4) is 0 Å². The summed E-state index contributed by atoms with van der Waals surface area (Å²) in [7, 11) is -3.66. The summed E-state index contributed by atoms with van der Waals surface area (Å²) in [6.45, 7) is -0.000201. The molecule has 0 radical (unpaired) electrons. The molecule has 0 atom stereocenters. The Morgan fingerprint density at radius 3 is 2.67 bits per heavy atom. The molecule has 24 heavy (non-hydrogen) atoms. The van der Waals surface area contributed by atoms with Crippen molar-refractivity contribution in [1.29, 1.82) is 0 Å². The number of sulfonamides is 1. The Morgan fingerprint density at radius 2 is 1.92 bits per heavy atom. The second-order valence-corrected chi connectivity index (χ2v) is 7.55. The van der Waals surface area contributed by atoms with E-state index in [0.29, 0.717) is 5.13 Å². The van der Waals surface area contributed by atoms with E-state index in [9.17, 15) is 13.2 Å². The molecule has 0 spiro atoms. The van der Waals surface area contributed by atoms with Gasteiger partial charge < -0.3 is 5.32 Å². The lowest BCUT2D eigenvalue weighted by atomic mass is 10.1. The SMILES string of the molecule is O=C(CCNS(=O)(=O)c1ccc2ccccc2c1)Nc1nncs1. The van der Waals surface area contributed by atoms with Crippen molar-refractivity contribution in [3.63, 3.8) is 0 Å². The van der Waals surface area contributed by atoms with Crippen LogP contribution in [0.2, 0.25) is 0 Å². The van der Waals surface area contributed by atoms with Crippen molar-refractivity contribution in [2.75, 3.05) is 11.9 Å². The maximum Gasteiger partial charge on any atom is 0.240 e. The van der Waals surface area contributed by atoms with Crippen LogP contribution >= 0.6 is 11.3 Å². The first-order chi connectivity index (χ1) is 11.5. The molecule has 0 unspecified atom stereocenters. The predicted molar refractivity (Wildman–Crippen MR) is 92.3 cm³/mol. The smallest absolute Gasteiger partial charge is 0.240 e. The highest BCUT2D eigenvalue weighted by Crippen LogP contribution is 2.18. The van der Waals surface area contributed by atoms with Crippen LogP contribution < -0.4 is 10.0 Å². The number of rotatable bonds is 6. The Hall–Kier alpha value is -2.36. The van der Waals surface area contributed by atoms with Gasteiger partial charge in [0.05, 0.1) is 4.90 Å². The van der Waals surface area contributed by atoms with Gasteiger partial charge in [-0.1, -0.05) is 41.7 Å². The van der Waals surface area contributed by atoms with Gasteiger partial charge in [0.2, 0.25) is 21.1 Å². The van der Waals surface area contributed by atoms with Gasteiger partial charge in [-0.3, -0.25) is 4.79 Å². The number of fused-ring (bicyclic) bond motifs is 1. The molecule has 3 rings (SSSR count). The standard InChI is InChI=1S/C15H14N4O3S2/c20-14(18-15-19-16-10-23-15)7-8-17-24(21,22)13-6-5-11-3-1-2-4-12(11)9-13/h1-6,9-10,17H,7-8H2,(H,18,19,20). The Bertz CT molecular complexity index is 956. The molecule has 2 aromatic carbocycles. The number of benzene rings is 2. The van der Waals surface area contributed by atoms with Crippen LogP contribution in [0.25, 0.3) is 10.8 Å². The number of hydrogen-bond donors (Lipinski definition) is 2. The molecule has 0 aliphatic rings. The largest absolute Gasteiger partial charge is 0.300 e. The summed E-state index contributed by atoms with van der Waals surface area (Å²) in [5.74, 6) is -0.326. The molecule has 3 aromatic rings. The molecule has 9 heteroatoms. The predicted octanol–water partition coefficient (Wildman–Crippen LogP) is 2.00. The van der Waals surface area contributed by atoms with Gasteiger partial charge >= 0.3 is 0 Å². The zero-order chi connectivity index (χ0) is 17.0. The van der Waals surface area contributed by atoms with E-state index in [1.165, 1.54) is 16.8 Å². The van der Waals surface area contributed by atoms with Crippen LogP contribution in [0.3, 0.4) is 0 Å². The molecular formula is C15H14N4O3S2. The number of carbonyl (C=O) groups is 1. The van der Waals surface area contributed by atoms with E-state index in [1.807, 2.05) is 24.3 Å². The summed E-state index contributed by atoms with van der Waals surface area (Å²) >= 11 is 1.20. The van der Waals surface area contributed by atoms with E-state index >= 15 is 0 Å². The monoisotopic (exact) mass is 362 g/mol. The number of amides is 1. The van der Waals surface area contributed by atoms with E-state index in [1.54, 1.807) is 18.2 Å². The van der Waals surface area contributed by atoms with Gasteiger partial charge in [0.15, 0.2) is 0 Å². The Kier molecular flexibility index (Phi) is 4.84. The van der Waals surface area contributed by atoms with Crippen LogP contribution in [-0.4, -0.2) is 31.1 Å². The Morgan fingerprint density at radius 1 is 1.12 bits per heavy atom. The molecule has 0 saturated carbocycles. The van der Waals surface area contributed by atoms with Gasteiger partial charge in [0.25, 0.3) is 0 Å². The van der Waals surface area contributed by atoms with Gasteiger partial charge in [0.1, 0.15) is 5.51 Å². The van der Waals surface area contributed by atoms with Gasteiger partial charge in [-0.05, 0) is 22.9 Å². The molecule has 0 saturated heterocycles. The Balaban J connectivity index is 1.61. The number of carbonyl (C=O) groups excluding carboxylic acids is 1. The molecule has 0 aliphatic heterocycles. The van der Waals surface area contributed by atoms with Crippen LogP contribution in [-0.2, 0) is 14.8 Å². The highest BCUT2D eigenvalue weighted by molar-refractivity contribution is 7.89. The molecule has 0 bridgehead atoms. The molecule has 1 heterocycles. The van der Waals surface area contributed by atoms with Crippen LogP contribution in [0.1, 0.15) is 6.42 Å². The lowest BCUT2D eigenvalue weighted by Crippen LogP contribution is -2.27. The lowest BCUT2D eigenvalue weighted by molar-refractivity contribution is -0.116. The fourth-order valence-electron chi connectivity index (χ4n) is 2.13. The van der Waals surface area contributed by atoms with E-state index in [2.05, 4.69) is 20.2 Å². The zero-order valence-electron chi connectivity index (χ0n) is 12.5. The number of anilines is 1. The second kappa shape index (κ2) is 7.04. The van der Waals surface area contributed by atoms with E-state index in [-0.39, 0.29) is 23.8 Å². The summed E-state index contributed by atoms with van der Waals surface area (Å²) in [6, 6.07) is 12.4. The van der Waals surface area contributed by atoms with Gasteiger partial charge in [-0.25, -0.2) is 13.1 Å². The number of nitrogens with zero attached hydrogens (tertiary/aromatic N) is 2. The van der Waals surface area contributed by atoms with Crippen molar-refractivity contribution in [3.05, 3.63) is 48.0 Å². The first-order valence-corrected chi connectivity index (χ1v) is 9.45. The third kappa shape index (κ3) is 3.94. The van der Waals surface area contributed by atoms with Gasteiger partial charge in [-0.2, -0.15) is 0 Å². The lowest BCUT2D eigenvalue weighted by Gasteiger charge is -2.07. The summed E-state index contributed by atoms with van der Waals surface area (Å²) in [5, 5.41) is 12.0. The fraction of sp³-hybridized carbons (Fsp3) is 0.133. The zero-order valence-corrected chi connectivity index (χ0v) is 14.1. The number of nitrogens with one attached hydrogen (secondary N) is 2. The molecule has 7 nitrogen and oxygen atoms in total. The topological polar surface area (TPSA) is 101 Å². The molecule has 1 amide bonds. The van der Waals surface area contributed by atoms with E-state index in [4.69, 9.17) is 0 Å². The average molecular weight is 362 g/mol. The minimum absolute atomic E-state index is 0.000201. The normalized spacial score (nSPS) is 11.5. The summed E-state index contributed by atoms with van der Waals surface area (Å²) in [4.78, 5) is 11.9. The van der Waals surface area contributed by atoms with Gasteiger partial charge in [-0.15, -0.1) is 10.2 Å². The minimum atomic E-state index is -3.66. The molecule has 1 aromatic heterocycles. The van der Waals surface area contributed by atoms with E-state index < -0.39 is 10.0 Å². The van der Waals surface area contributed by atoms with E-state index in [0.717, 1.165) is 10.8 Å². The summed E-state index contributed by atoms with van der Waals surface area (Å²) < 4.78 is 27.1. The van der Waals surface area contributed by atoms with Crippen LogP contribution in [0.15, 0.2) is 52.9 Å². The van der Waals surface area contributed by atoms with Crippen molar-refractivity contribution >= 4 is 43.2 Å². The maximum atomic E-state index is 12.3. The quantitative estimate of drug-likeness (QED) is 0.698. The second-order valence-electron chi connectivity index (χ2n) is 4.95. The third-order valence-electron chi connectivity index (χ3n) is 3.28. The number of aromatic nitrogens is 2. The molecule has 0 aliphatic carbocycles. The number of hydrogen-bond acceptors (Lipinski definition) is 6. The highest BCUT2D eigenvalue weighted by Gasteiger charge is 2.15.